The molecule has 0 amide bonds. The molecule has 0 aromatic carbocycles. The Morgan fingerprint density at radius 3 is 2.71 bits per heavy atom. The molecule has 3 atom stereocenters. The van der Waals surface area contributed by atoms with Crippen LogP contribution in [-0.4, -0.2) is 21.3 Å². The topological polar surface area (TPSA) is 26.3 Å². The van der Waals surface area contributed by atoms with Crippen LogP contribution in [-0.2, 0) is 9.45 Å². The highest BCUT2D eigenvalue weighted by atomic mass is 16.5. The van der Waals surface area contributed by atoms with Gasteiger partial charge in [-0.1, -0.05) is 25.8 Å². The molecule has 0 heterocycles. The Kier molecular flexibility index (Phi) is 2.71. The quantitative estimate of drug-likeness (QED) is 0.493. The third kappa shape index (κ3) is 1.89. The summed E-state index contributed by atoms with van der Waals surface area (Å²) >= 11 is 0. The average molecular weight is 187 g/mol. The van der Waals surface area contributed by atoms with Crippen LogP contribution >= 0.6 is 0 Å². The summed E-state index contributed by atoms with van der Waals surface area (Å²) in [5, 5.41) is 0. The molecule has 3 radical (unpaired) electrons. The van der Waals surface area contributed by atoms with E-state index in [0.717, 1.165) is 11.8 Å². The average Bonchev–Trinajstić information content (AvgIpc) is 2.74. The number of fused-ring (bicyclic) bond motifs is 2. The van der Waals surface area contributed by atoms with Gasteiger partial charge in [0.05, 0.1) is 0 Å². The van der Waals surface area contributed by atoms with Crippen molar-refractivity contribution < 1.29 is 9.45 Å². The third-order valence-electron chi connectivity index (χ3n) is 3.40. The first-order chi connectivity index (χ1) is 6.66. The number of carbonyl (C=O) groups excluding carboxylic acids is 1. The Labute approximate surface area is 86.8 Å². The highest BCUT2D eigenvalue weighted by Crippen LogP contribution is 2.51. The number of hydrogen-bond acceptors (Lipinski definition) is 2. The summed E-state index contributed by atoms with van der Waals surface area (Å²) in [7, 11) is 6.88. The maximum atomic E-state index is 11.0. The van der Waals surface area contributed by atoms with Crippen molar-refractivity contribution in [2.24, 2.45) is 11.8 Å². The van der Waals surface area contributed by atoms with Crippen LogP contribution in [0, 0.1) is 11.8 Å². The van der Waals surface area contributed by atoms with Gasteiger partial charge < -0.3 is 4.65 Å². The van der Waals surface area contributed by atoms with Gasteiger partial charge in [-0.3, -0.25) is 0 Å². The Bertz CT molecular complexity index is 265. The van der Waals surface area contributed by atoms with Crippen molar-refractivity contribution in [2.45, 2.75) is 31.5 Å². The van der Waals surface area contributed by atoms with Crippen molar-refractivity contribution in [1.29, 1.82) is 0 Å². The Morgan fingerprint density at radius 2 is 2.21 bits per heavy atom. The predicted octanol–water partition coefficient (Wildman–Crippen LogP) is 1.44. The van der Waals surface area contributed by atoms with Crippen LogP contribution < -0.4 is 0 Å². The molecule has 2 rings (SSSR count). The third-order valence-corrected chi connectivity index (χ3v) is 3.40. The van der Waals surface area contributed by atoms with Crippen molar-refractivity contribution in [3.8, 4) is 0 Å². The lowest BCUT2D eigenvalue weighted by molar-refractivity contribution is -0.129. The van der Waals surface area contributed by atoms with Gasteiger partial charge in [0.2, 0.25) is 0 Å². The summed E-state index contributed by atoms with van der Waals surface area (Å²) in [4.78, 5) is 11.0. The molecule has 0 N–H and O–H groups in total. The second-order valence-corrected chi connectivity index (χ2v) is 4.41. The molecule has 71 valence electrons. The number of hydrogen-bond donors (Lipinski definition) is 0. The Morgan fingerprint density at radius 1 is 1.43 bits per heavy atom. The van der Waals surface area contributed by atoms with Crippen LogP contribution in [0.5, 0.6) is 0 Å². The van der Waals surface area contributed by atoms with E-state index in [1.165, 1.54) is 25.7 Å². The lowest BCUT2D eigenvalue weighted by Crippen LogP contribution is -2.19. The molecule has 0 saturated heterocycles. The lowest BCUT2D eigenvalue weighted by atomic mass is 9.69. The van der Waals surface area contributed by atoms with E-state index in [9.17, 15) is 4.79 Å². The van der Waals surface area contributed by atoms with Crippen molar-refractivity contribution in [1.82, 2.24) is 0 Å². The fraction of sp³-hybridized carbons (Fsp3) is 0.700. The van der Waals surface area contributed by atoms with E-state index in [1.54, 1.807) is 7.48 Å². The van der Waals surface area contributed by atoms with E-state index in [0.29, 0.717) is 5.82 Å². The first-order valence-electron chi connectivity index (χ1n) is 5.15. The summed E-state index contributed by atoms with van der Waals surface area (Å²) in [5.41, 5.74) is -0.0237. The predicted molar refractivity (Wildman–Crippen MR) is 55.9 cm³/mol. The van der Waals surface area contributed by atoms with Gasteiger partial charge in [-0.05, 0) is 29.5 Å². The molecule has 2 bridgehead atoms. The molecule has 0 aliphatic heterocycles. The monoisotopic (exact) mass is 187 g/mol. The van der Waals surface area contributed by atoms with Crippen LogP contribution in [0.15, 0.2) is 12.1 Å². The van der Waals surface area contributed by atoms with Gasteiger partial charge in [0, 0.05) is 0 Å². The summed E-state index contributed by atoms with van der Waals surface area (Å²) < 4.78 is 4.95. The van der Waals surface area contributed by atoms with Gasteiger partial charge in [-0.2, -0.15) is 0 Å². The zero-order valence-electron chi connectivity index (χ0n) is 8.24. The Balaban J connectivity index is 1.77. The van der Waals surface area contributed by atoms with Crippen LogP contribution in [0.2, 0.25) is 5.82 Å². The van der Waals surface area contributed by atoms with Crippen LogP contribution in [0.25, 0.3) is 0 Å². The minimum atomic E-state index is -0.507. The largest absolute Gasteiger partial charge is 0.536 e. The Hall–Kier alpha value is -0.660. The van der Waals surface area contributed by atoms with Crippen molar-refractivity contribution >= 4 is 21.3 Å². The molecule has 14 heavy (non-hydrogen) atoms. The van der Waals surface area contributed by atoms with E-state index in [1.807, 2.05) is 0 Å². The number of rotatable bonds is 3. The molecule has 2 nitrogen and oxygen atoms in total. The maximum absolute atomic E-state index is 11.0. The van der Waals surface area contributed by atoms with E-state index in [-0.39, 0.29) is 5.47 Å². The summed E-state index contributed by atoms with van der Waals surface area (Å²) in [6.07, 6.45) is 5.12. The molecule has 0 aromatic heterocycles. The summed E-state index contributed by atoms with van der Waals surface area (Å²) in [5.74, 6) is 1.55. The summed E-state index contributed by atoms with van der Waals surface area (Å²) in [6, 6.07) is 0. The van der Waals surface area contributed by atoms with Gasteiger partial charge in [0.25, 0.3) is 0 Å². The SMILES string of the molecule is [B]C(=C)C(=O)O[B]C1CC2CCC1C2. The molecule has 2 saturated carbocycles. The smallest absolute Gasteiger partial charge is 0.377 e. The van der Waals surface area contributed by atoms with E-state index < -0.39 is 5.97 Å². The lowest BCUT2D eigenvalue weighted by Gasteiger charge is -2.19. The molecular weight excluding hydrogens is 174 g/mol. The second kappa shape index (κ2) is 3.84. The van der Waals surface area contributed by atoms with Crippen LogP contribution in [0.3, 0.4) is 0 Å². The van der Waals surface area contributed by atoms with Crippen LogP contribution in [0.4, 0.5) is 0 Å². The highest BCUT2D eigenvalue weighted by Gasteiger charge is 2.40. The molecule has 2 fully saturated rings. The van der Waals surface area contributed by atoms with Crippen molar-refractivity contribution in [3.63, 3.8) is 0 Å². The van der Waals surface area contributed by atoms with Crippen molar-refractivity contribution in [3.05, 3.63) is 12.1 Å². The van der Waals surface area contributed by atoms with Gasteiger partial charge in [-0.15, -0.1) is 0 Å². The van der Waals surface area contributed by atoms with Gasteiger partial charge in [0.1, 0.15) is 7.85 Å². The van der Waals surface area contributed by atoms with E-state index >= 15 is 0 Å². The zero-order chi connectivity index (χ0) is 10.1. The minimum Gasteiger partial charge on any atom is -0.536 e. The zero-order valence-corrected chi connectivity index (χ0v) is 8.24. The number of carbonyl (C=O) groups is 1. The molecule has 3 unspecified atom stereocenters. The molecule has 4 heteroatoms. The van der Waals surface area contributed by atoms with E-state index in [4.69, 9.17) is 12.5 Å². The van der Waals surface area contributed by atoms with Crippen LogP contribution in [0.1, 0.15) is 25.7 Å². The molecule has 2 aliphatic carbocycles. The first-order valence-corrected chi connectivity index (χ1v) is 5.15. The van der Waals surface area contributed by atoms with Gasteiger partial charge in [0.15, 0.2) is 0 Å². The second-order valence-electron chi connectivity index (χ2n) is 4.41. The fourth-order valence-corrected chi connectivity index (χ4v) is 2.69. The highest BCUT2D eigenvalue weighted by molar-refractivity contribution is 6.40. The molecule has 0 spiro atoms. The summed E-state index contributed by atoms with van der Waals surface area (Å²) in [6.45, 7) is 3.33. The molecular formula is C10H13B2O2. The van der Waals surface area contributed by atoms with Gasteiger partial charge >= 0.3 is 13.5 Å². The first kappa shape index (κ1) is 9.88. The van der Waals surface area contributed by atoms with E-state index in [2.05, 4.69) is 6.58 Å². The molecule has 2 aliphatic rings. The van der Waals surface area contributed by atoms with Crippen molar-refractivity contribution in [2.75, 3.05) is 0 Å². The normalized spacial score (nSPS) is 34.1. The maximum Gasteiger partial charge on any atom is 0.377 e. The standard InChI is InChI=1S/C10H13B2O2/c1-6(11)10(13)14-12-9-5-7-2-3-8(9)4-7/h7-9H,1-5H2. The fourth-order valence-electron chi connectivity index (χ4n) is 2.69. The van der Waals surface area contributed by atoms with Gasteiger partial charge in [-0.25, -0.2) is 4.79 Å². The minimum absolute atomic E-state index is 0.0237. The molecule has 0 aromatic rings.